The van der Waals surface area contributed by atoms with Crippen LogP contribution in [0.25, 0.3) is 0 Å². The van der Waals surface area contributed by atoms with Gasteiger partial charge in [-0.15, -0.1) is 0 Å². The highest BCUT2D eigenvalue weighted by Crippen LogP contribution is 2.11. The number of carbonyl (C=O) groups is 13. The Morgan fingerprint density at radius 1 is 0.453 bits per heavy atom. The van der Waals surface area contributed by atoms with E-state index >= 15 is 0 Å². The van der Waals surface area contributed by atoms with E-state index in [9.17, 15) is 98.1 Å². The predicted molar refractivity (Wildman–Crippen MR) is 256 cm³/mol. The lowest BCUT2D eigenvalue weighted by molar-refractivity contribution is -0.143. The van der Waals surface area contributed by atoms with Gasteiger partial charge in [0.15, 0.2) is 0 Å². The molecule has 0 aliphatic carbocycles. The lowest BCUT2D eigenvalue weighted by Gasteiger charge is -2.32. The van der Waals surface area contributed by atoms with Crippen molar-refractivity contribution < 1.29 is 98.1 Å². The van der Waals surface area contributed by atoms with Crippen LogP contribution in [0.3, 0.4) is 0 Å². The van der Waals surface area contributed by atoms with Gasteiger partial charge in [-0.3, -0.25) is 77.1 Å². The van der Waals surface area contributed by atoms with Crippen molar-refractivity contribution in [2.75, 3.05) is 85.1 Å². The Kier molecular flexibility index (Phi) is 27.9. The Morgan fingerprint density at radius 2 is 0.813 bits per heavy atom. The zero-order valence-electron chi connectivity index (χ0n) is 41.0. The molecule has 0 radical (unpaired) electrons. The molecular weight excluding hydrogens is 1000 g/mol. The third-order valence-electron chi connectivity index (χ3n) is 11.5. The van der Waals surface area contributed by atoms with Crippen LogP contribution >= 0.6 is 0 Å². The van der Waals surface area contributed by atoms with E-state index < -0.39 is 140 Å². The Morgan fingerprint density at radius 3 is 1.17 bits per heavy atom. The summed E-state index contributed by atoms with van der Waals surface area (Å²) in [5, 5.41) is 78.0. The molecule has 1 fully saturated rings. The van der Waals surface area contributed by atoms with Gasteiger partial charge in [-0.05, 0) is 56.7 Å². The Balaban J connectivity index is 2.14. The number of aliphatic carboxylic acids is 7. The van der Waals surface area contributed by atoms with Crippen LogP contribution in [0.5, 0.6) is 0 Å². The molecule has 30 heteroatoms. The fourth-order valence-corrected chi connectivity index (χ4v) is 7.48. The molecule has 2 rings (SSSR count). The number of nitrogens with one attached hydrogen (secondary N) is 5. The van der Waals surface area contributed by atoms with Crippen LogP contribution in [0.1, 0.15) is 78.5 Å². The average molecular weight is 1070 g/mol. The quantitative estimate of drug-likeness (QED) is 0.0304. The van der Waals surface area contributed by atoms with Gasteiger partial charge in [-0.25, -0.2) is 4.79 Å². The predicted octanol–water partition coefficient (Wildman–Crippen LogP) is -4.22. The smallest absolute Gasteiger partial charge is 0.326 e. The summed E-state index contributed by atoms with van der Waals surface area (Å²) in [6.45, 7) is 0.159. The van der Waals surface area contributed by atoms with Gasteiger partial charge in [0.25, 0.3) is 5.91 Å². The van der Waals surface area contributed by atoms with Crippen molar-refractivity contribution in [3.05, 3.63) is 35.4 Å². The number of benzene rings is 1. The zero-order valence-corrected chi connectivity index (χ0v) is 41.0. The molecule has 0 spiro atoms. The van der Waals surface area contributed by atoms with Crippen molar-refractivity contribution in [3.63, 3.8) is 0 Å². The number of rotatable bonds is 32. The maximum absolute atomic E-state index is 13.7. The van der Waals surface area contributed by atoms with Crippen LogP contribution in [-0.4, -0.2) is 242 Å². The minimum Gasteiger partial charge on any atom is -0.481 e. The van der Waals surface area contributed by atoms with Crippen molar-refractivity contribution >= 4 is 77.2 Å². The highest BCUT2D eigenvalue weighted by atomic mass is 16.4. The first-order valence-electron chi connectivity index (χ1n) is 23.6. The molecule has 1 saturated heterocycles. The van der Waals surface area contributed by atoms with Crippen LogP contribution in [-0.2, 0) is 52.7 Å². The van der Waals surface area contributed by atoms with Crippen molar-refractivity contribution in [1.29, 1.82) is 0 Å². The summed E-state index contributed by atoms with van der Waals surface area (Å²) in [7, 11) is 0. The fourth-order valence-electron chi connectivity index (χ4n) is 7.48. The van der Waals surface area contributed by atoms with Gasteiger partial charge in [-0.2, -0.15) is 0 Å². The van der Waals surface area contributed by atoms with Gasteiger partial charge in [0.1, 0.15) is 24.2 Å². The second-order valence-corrected chi connectivity index (χ2v) is 17.4. The number of nitrogens with two attached hydrogens (primary N) is 1. The first kappa shape index (κ1) is 63.3. The number of amides is 6. The number of primary amides is 1. The van der Waals surface area contributed by atoms with E-state index in [1.807, 2.05) is 0 Å². The summed E-state index contributed by atoms with van der Waals surface area (Å²) in [5.41, 5.74) is 5.04. The number of carbonyl (C=O) groups excluding carboxylic acids is 6. The van der Waals surface area contributed by atoms with E-state index in [1.165, 1.54) is 18.2 Å². The van der Waals surface area contributed by atoms with E-state index in [4.69, 9.17) is 5.73 Å². The first-order chi connectivity index (χ1) is 35.3. The van der Waals surface area contributed by atoms with Gasteiger partial charge >= 0.3 is 41.8 Å². The molecule has 6 amide bonds. The van der Waals surface area contributed by atoms with Gasteiger partial charge in [0.2, 0.25) is 29.5 Å². The van der Waals surface area contributed by atoms with E-state index in [2.05, 4.69) is 26.6 Å². The van der Waals surface area contributed by atoms with Crippen molar-refractivity contribution in [3.8, 4) is 0 Å². The van der Waals surface area contributed by atoms with Crippen LogP contribution in [0.4, 0.5) is 0 Å². The standard InChI is InChI=1S/C45H66N10O20/c46-40(69)27-4-3-5-28(22-27)41(70)48-29(7-10-34(57)58)42(71)49-30(8-11-35(59)60)43(72)50-31(9-12-36(61)62)44(73)51-32(45(74)75)6-1-2-13-47-33(56)23-52-14-16-53(24-37(63)64)18-20-55(26-39(67)68)21-19-54(17-15-52)25-38(65)66/h3-5,22,29-32H,1-2,6-21,23-26H2,(H2,46,69)(H,47,56)(H,48,70)(H,49,71)(H,50,72)(H,51,73)(H,57,58)(H,59,60)(H,61,62)(H,63,64)(H,65,66)(H,67,68)(H,74,75)/t29-,30-,31-,32-/m1/s1. The molecule has 30 nitrogen and oxygen atoms in total. The first-order valence-corrected chi connectivity index (χ1v) is 23.6. The molecule has 0 saturated carbocycles. The summed E-state index contributed by atoms with van der Waals surface area (Å²) < 4.78 is 0. The number of hydrogen-bond acceptors (Lipinski definition) is 17. The molecule has 1 aliphatic heterocycles. The Labute approximate surface area is 428 Å². The largest absolute Gasteiger partial charge is 0.481 e. The normalized spacial score (nSPS) is 15.7. The minimum atomic E-state index is -1.80. The van der Waals surface area contributed by atoms with Crippen molar-refractivity contribution in [2.24, 2.45) is 5.73 Å². The molecule has 1 aromatic carbocycles. The highest BCUT2D eigenvalue weighted by molar-refractivity contribution is 6.01. The number of carboxylic acids is 7. The molecule has 75 heavy (non-hydrogen) atoms. The molecule has 1 aliphatic rings. The number of carboxylic acid groups (broad SMARTS) is 7. The zero-order chi connectivity index (χ0) is 56.2. The SMILES string of the molecule is NC(=O)c1cccc(C(=O)N[C@H](CCC(=O)O)C(=O)N[C@H](CCC(=O)O)C(=O)N[C@H](CCC(=O)O)C(=O)N[C@H](CCCCNC(=O)CN2CCN(CC(=O)O)CCN(CC(=O)O)CCN(CC(=O)O)CC2)C(=O)O)c1. The number of hydrogen-bond donors (Lipinski definition) is 13. The van der Waals surface area contributed by atoms with Gasteiger partial charge in [0.05, 0.1) is 26.2 Å². The van der Waals surface area contributed by atoms with E-state index in [0.29, 0.717) is 0 Å². The summed E-state index contributed by atoms with van der Waals surface area (Å²) in [4.78, 5) is 167. The topological polar surface area (TPSA) is 463 Å². The van der Waals surface area contributed by atoms with Crippen LogP contribution in [0.15, 0.2) is 24.3 Å². The molecule has 416 valence electrons. The maximum Gasteiger partial charge on any atom is 0.326 e. The second-order valence-electron chi connectivity index (χ2n) is 17.4. The maximum atomic E-state index is 13.7. The number of nitrogens with zero attached hydrogens (tertiary/aromatic N) is 4. The third-order valence-corrected chi connectivity index (χ3v) is 11.5. The van der Waals surface area contributed by atoms with Crippen LogP contribution < -0.4 is 32.3 Å². The third kappa shape index (κ3) is 26.6. The average Bonchev–Trinajstić information content (AvgIpc) is 3.32. The van der Waals surface area contributed by atoms with Gasteiger partial charge in [0, 0.05) is 89.3 Å². The molecule has 1 aromatic rings. The van der Waals surface area contributed by atoms with E-state index in [0.717, 1.165) is 6.07 Å². The lowest BCUT2D eigenvalue weighted by atomic mass is 10.0. The lowest BCUT2D eigenvalue weighted by Crippen LogP contribution is -2.58. The highest BCUT2D eigenvalue weighted by Gasteiger charge is 2.33. The molecule has 0 unspecified atom stereocenters. The molecule has 0 aromatic heterocycles. The van der Waals surface area contributed by atoms with Crippen LogP contribution in [0.2, 0.25) is 0 Å². The molecule has 14 N–H and O–H groups in total. The summed E-state index contributed by atoms with van der Waals surface area (Å²) in [6, 6.07) is -1.90. The Hall–Kier alpha value is -7.83. The van der Waals surface area contributed by atoms with E-state index in [1.54, 1.807) is 19.6 Å². The van der Waals surface area contributed by atoms with Crippen molar-refractivity contribution in [2.45, 2.75) is 82.0 Å². The summed E-state index contributed by atoms with van der Waals surface area (Å²) >= 11 is 0. The summed E-state index contributed by atoms with van der Waals surface area (Å²) in [5.74, 6) is -15.0. The van der Waals surface area contributed by atoms with Gasteiger partial charge < -0.3 is 68.1 Å². The monoisotopic (exact) mass is 1070 g/mol. The van der Waals surface area contributed by atoms with Crippen LogP contribution in [0, 0.1) is 0 Å². The number of unbranched alkanes of at least 4 members (excludes halogenated alkanes) is 1. The molecular formula is C45H66N10O20. The van der Waals surface area contributed by atoms with Crippen molar-refractivity contribution in [1.82, 2.24) is 46.2 Å². The molecule has 0 bridgehead atoms. The summed E-state index contributed by atoms with van der Waals surface area (Å²) in [6.07, 6.45) is -3.97. The second kappa shape index (κ2) is 33.1. The Bertz CT molecular complexity index is 2180. The fraction of sp³-hybridized carbons (Fsp3) is 0.578. The molecule has 1 heterocycles. The minimum absolute atomic E-state index is 0.0206. The van der Waals surface area contributed by atoms with Gasteiger partial charge in [-0.1, -0.05) is 6.07 Å². The van der Waals surface area contributed by atoms with E-state index in [-0.39, 0.29) is 115 Å². The molecule has 4 atom stereocenters.